The highest BCUT2D eigenvalue weighted by molar-refractivity contribution is 8.13. The maximum absolute atomic E-state index is 12.9. The van der Waals surface area contributed by atoms with Crippen molar-refractivity contribution in [2.75, 3.05) is 33.3 Å². The van der Waals surface area contributed by atoms with Gasteiger partial charge < -0.3 is 14.5 Å². The molecule has 2 aliphatic heterocycles. The summed E-state index contributed by atoms with van der Waals surface area (Å²) in [6, 6.07) is 15.3. The Labute approximate surface area is 189 Å². The van der Waals surface area contributed by atoms with E-state index in [1.807, 2.05) is 11.8 Å². The first-order valence-corrected chi connectivity index (χ1v) is 12.3. The van der Waals surface area contributed by atoms with Crippen molar-refractivity contribution in [3.63, 3.8) is 0 Å². The van der Waals surface area contributed by atoms with Gasteiger partial charge in [0.25, 0.3) is 0 Å². The quantitative estimate of drug-likeness (QED) is 0.491. The molecule has 4 nitrogen and oxygen atoms in total. The van der Waals surface area contributed by atoms with Crippen LogP contribution in [0.15, 0.2) is 53.5 Å². The first-order chi connectivity index (χ1) is 15.2. The van der Waals surface area contributed by atoms with Gasteiger partial charge in [-0.25, -0.2) is 9.38 Å². The number of hydrogen-bond acceptors (Lipinski definition) is 5. The number of fused-ring (bicyclic) bond motifs is 1. The molecule has 0 aromatic heterocycles. The number of halogens is 1. The van der Waals surface area contributed by atoms with Crippen LogP contribution in [0.4, 0.5) is 10.1 Å². The van der Waals surface area contributed by atoms with Crippen molar-refractivity contribution < 1.29 is 9.13 Å². The number of para-hydroxylation sites is 1. The molecule has 0 amide bonds. The summed E-state index contributed by atoms with van der Waals surface area (Å²) >= 11 is 1.86. The molecule has 1 saturated heterocycles. The number of thioether (sulfide) groups is 1. The number of rotatable bonds is 8. The monoisotopic (exact) mass is 441 g/mol. The summed E-state index contributed by atoms with van der Waals surface area (Å²) in [5.41, 5.74) is 2.46. The number of piperidine rings is 1. The lowest BCUT2D eigenvalue weighted by Gasteiger charge is -2.38. The molecule has 0 atom stereocenters. The van der Waals surface area contributed by atoms with E-state index in [4.69, 9.17) is 9.73 Å². The lowest BCUT2D eigenvalue weighted by atomic mass is 10.0. The Kier molecular flexibility index (Phi) is 7.86. The van der Waals surface area contributed by atoms with E-state index in [-0.39, 0.29) is 5.82 Å². The molecule has 6 heteroatoms. The van der Waals surface area contributed by atoms with Gasteiger partial charge in [-0.05, 0) is 74.5 Å². The number of unbranched alkanes of at least 4 members (excludes halogenated alkanes) is 2. The molecule has 4 rings (SSSR count). The maximum Gasteiger partial charge on any atom is 0.164 e. The minimum atomic E-state index is -0.224. The van der Waals surface area contributed by atoms with E-state index in [2.05, 4.69) is 41.1 Å². The molecule has 0 bridgehead atoms. The third kappa shape index (κ3) is 6.23. The van der Waals surface area contributed by atoms with Gasteiger partial charge in [-0.2, -0.15) is 0 Å². The van der Waals surface area contributed by atoms with Crippen LogP contribution in [-0.2, 0) is 5.75 Å². The fraction of sp³-hybridized carbons (Fsp3) is 0.480. The van der Waals surface area contributed by atoms with Crippen LogP contribution in [-0.4, -0.2) is 54.3 Å². The molecule has 0 N–H and O–H groups in total. The predicted molar refractivity (Wildman–Crippen MR) is 128 cm³/mol. The number of amidine groups is 1. The van der Waals surface area contributed by atoms with Crippen molar-refractivity contribution in [2.24, 2.45) is 4.99 Å². The molecule has 0 spiro atoms. The summed E-state index contributed by atoms with van der Waals surface area (Å²) in [6.45, 7) is 4.18. The summed E-state index contributed by atoms with van der Waals surface area (Å²) < 4.78 is 18.6. The Morgan fingerprint density at radius 3 is 2.65 bits per heavy atom. The summed E-state index contributed by atoms with van der Waals surface area (Å²) in [7, 11) is 2.21. The molecule has 2 aliphatic rings. The maximum atomic E-state index is 12.9. The van der Waals surface area contributed by atoms with Crippen LogP contribution >= 0.6 is 11.8 Å². The zero-order valence-electron chi connectivity index (χ0n) is 18.3. The summed E-state index contributed by atoms with van der Waals surface area (Å²) in [5.74, 6) is 1.54. The van der Waals surface area contributed by atoms with Crippen LogP contribution in [0.25, 0.3) is 0 Å². The molecule has 1 fully saturated rings. The zero-order valence-corrected chi connectivity index (χ0v) is 19.1. The van der Waals surface area contributed by atoms with Crippen LogP contribution in [0.2, 0.25) is 0 Å². The Hall–Kier alpha value is -2.05. The highest BCUT2D eigenvalue weighted by Gasteiger charge is 2.26. The molecule has 2 aromatic rings. The van der Waals surface area contributed by atoms with Gasteiger partial charge >= 0.3 is 0 Å². The third-order valence-corrected chi connectivity index (χ3v) is 7.26. The predicted octanol–water partition coefficient (Wildman–Crippen LogP) is 5.71. The van der Waals surface area contributed by atoms with E-state index in [1.54, 1.807) is 12.1 Å². The topological polar surface area (TPSA) is 28.1 Å². The van der Waals surface area contributed by atoms with E-state index >= 15 is 0 Å². The lowest BCUT2D eigenvalue weighted by Crippen LogP contribution is -2.45. The fourth-order valence-corrected chi connectivity index (χ4v) is 5.27. The molecule has 0 saturated carbocycles. The minimum absolute atomic E-state index is 0.224. The molecular weight excluding hydrogens is 409 g/mol. The largest absolute Gasteiger partial charge is 0.494 e. The van der Waals surface area contributed by atoms with Crippen LogP contribution in [0, 0.1) is 5.82 Å². The van der Waals surface area contributed by atoms with Gasteiger partial charge in [0.05, 0.1) is 12.3 Å². The molecule has 31 heavy (non-hydrogen) atoms. The van der Waals surface area contributed by atoms with Gasteiger partial charge in [0.15, 0.2) is 5.17 Å². The first kappa shape index (κ1) is 22.2. The Morgan fingerprint density at radius 2 is 1.84 bits per heavy atom. The van der Waals surface area contributed by atoms with Crippen LogP contribution in [0.5, 0.6) is 5.75 Å². The number of nitrogens with zero attached hydrogens (tertiary/aromatic N) is 3. The molecule has 0 unspecified atom stereocenters. The number of ether oxygens (including phenoxy) is 1. The summed E-state index contributed by atoms with van der Waals surface area (Å²) in [5, 5.41) is 1.17. The van der Waals surface area contributed by atoms with Crippen molar-refractivity contribution >= 4 is 22.6 Å². The number of likely N-dealkylation sites (tertiary alicyclic amines) is 1. The van der Waals surface area contributed by atoms with Gasteiger partial charge in [-0.15, -0.1) is 0 Å². The molecule has 166 valence electrons. The Balaban J connectivity index is 1.12. The molecule has 2 aromatic carbocycles. The number of benzene rings is 2. The minimum Gasteiger partial charge on any atom is -0.494 e. The van der Waals surface area contributed by atoms with Crippen LogP contribution < -0.4 is 4.74 Å². The Morgan fingerprint density at radius 1 is 1.06 bits per heavy atom. The summed E-state index contributed by atoms with van der Waals surface area (Å²) in [6.07, 6.45) is 5.80. The van der Waals surface area contributed by atoms with Crippen molar-refractivity contribution in [1.82, 2.24) is 9.80 Å². The average molecular weight is 442 g/mol. The van der Waals surface area contributed by atoms with Crippen molar-refractivity contribution in [1.29, 1.82) is 0 Å². The third-order valence-electron chi connectivity index (χ3n) is 6.17. The van der Waals surface area contributed by atoms with Crippen molar-refractivity contribution in [3.05, 3.63) is 59.9 Å². The van der Waals surface area contributed by atoms with Gasteiger partial charge in [0.1, 0.15) is 11.6 Å². The first-order valence-electron chi connectivity index (χ1n) is 11.3. The molecule has 0 aliphatic carbocycles. The van der Waals surface area contributed by atoms with Gasteiger partial charge in [0.2, 0.25) is 0 Å². The number of hydrogen-bond donors (Lipinski definition) is 0. The van der Waals surface area contributed by atoms with Crippen molar-refractivity contribution in [2.45, 2.75) is 43.9 Å². The lowest BCUT2D eigenvalue weighted by molar-refractivity contribution is 0.163. The van der Waals surface area contributed by atoms with Crippen LogP contribution in [0.3, 0.4) is 0 Å². The van der Waals surface area contributed by atoms with Gasteiger partial charge in [-0.3, -0.25) is 0 Å². The average Bonchev–Trinajstić information content (AvgIpc) is 2.82. The van der Waals surface area contributed by atoms with Gasteiger partial charge in [-0.1, -0.05) is 30.0 Å². The standard InChI is InChI=1S/C25H32FN3OS/c1-28(25-27-24-8-4-3-7-20(24)19-31-25)22-13-16-29(17-14-22)15-5-2-6-18-30-23-11-9-21(26)10-12-23/h3-4,7-12,22H,2,5-6,13-19H2,1H3. The van der Waals surface area contributed by atoms with Crippen LogP contribution in [0.1, 0.15) is 37.7 Å². The second kappa shape index (κ2) is 11.0. The molecule has 2 heterocycles. The highest BCUT2D eigenvalue weighted by Crippen LogP contribution is 2.32. The smallest absolute Gasteiger partial charge is 0.164 e. The van der Waals surface area contributed by atoms with Crippen molar-refractivity contribution in [3.8, 4) is 5.75 Å². The molecule has 0 radical (unpaired) electrons. The summed E-state index contributed by atoms with van der Waals surface area (Å²) in [4.78, 5) is 9.91. The van der Waals surface area contributed by atoms with E-state index in [1.165, 1.54) is 42.1 Å². The van der Waals surface area contributed by atoms with E-state index in [0.29, 0.717) is 12.6 Å². The van der Waals surface area contributed by atoms with E-state index in [0.717, 1.165) is 49.7 Å². The molecular formula is C25H32FN3OS. The Bertz CT molecular complexity index is 865. The van der Waals surface area contributed by atoms with E-state index < -0.39 is 0 Å². The van der Waals surface area contributed by atoms with E-state index in [9.17, 15) is 4.39 Å². The fourth-order valence-electron chi connectivity index (χ4n) is 4.22. The van der Waals surface area contributed by atoms with Gasteiger partial charge in [0, 0.05) is 31.9 Å². The second-order valence-electron chi connectivity index (χ2n) is 8.36. The second-order valence-corrected chi connectivity index (χ2v) is 9.30. The highest BCUT2D eigenvalue weighted by atomic mass is 32.2. The SMILES string of the molecule is CN(C1=Nc2ccccc2CS1)C1CCN(CCCCCOc2ccc(F)cc2)CC1. The number of aliphatic imine (C=N–C) groups is 1. The zero-order chi connectivity index (χ0) is 21.5. The normalized spacial score (nSPS) is 17.2.